The van der Waals surface area contributed by atoms with E-state index in [2.05, 4.69) is 27.0 Å². The second-order valence-electron chi connectivity index (χ2n) is 15.6. The van der Waals surface area contributed by atoms with Gasteiger partial charge in [-0.1, -0.05) is 196 Å². The second-order valence-corrected chi connectivity index (χ2v) is 15.6. The molecular weight excluding hydrogens is 697 g/mol. The van der Waals surface area contributed by atoms with Gasteiger partial charge in [0.05, 0.1) is 26.4 Å². The van der Waals surface area contributed by atoms with Crippen LogP contribution in [-0.4, -0.2) is 36.4 Å². The summed E-state index contributed by atoms with van der Waals surface area (Å²) in [5.41, 5.74) is 0.326. The van der Waals surface area contributed by atoms with Crippen LogP contribution in [0, 0.1) is 0 Å². The van der Waals surface area contributed by atoms with E-state index in [1.807, 2.05) is 66.7 Å². The summed E-state index contributed by atoms with van der Waals surface area (Å²) in [6.07, 6.45) is 30.0. The topological polar surface area (TPSA) is 71.1 Å². The molecule has 0 saturated heterocycles. The van der Waals surface area contributed by atoms with Crippen molar-refractivity contribution in [2.75, 3.05) is 13.2 Å². The molecule has 0 heterocycles. The molecule has 0 saturated carbocycles. The van der Waals surface area contributed by atoms with Crippen LogP contribution < -0.4 is 0 Å². The highest BCUT2D eigenvalue weighted by Crippen LogP contribution is 2.29. The molecule has 312 valence electrons. The van der Waals surface area contributed by atoms with Crippen molar-refractivity contribution in [2.24, 2.45) is 0 Å². The fraction of sp³-hybridized carbons (Fsp3) is 0.600. The van der Waals surface area contributed by atoms with Crippen LogP contribution in [0.5, 0.6) is 0 Å². The predicted octanol–water partition coefficient (Wildman–Crippen LogP) is 13.5. The zero-order chi connectivity index (χ0) is 40.4. The monoisotopic (exact) mass is 773 g/mol. The number of unbranched alkanes of at least 4 members (excludes halogenated alkanes) is 16. The van der Waals surface area contributed by atoms with Crippen LogP contribution in [0.1, 0.15) is 166 Å². The molecule has 0 N–H and O–H groups in total. The number of hydrogen-bond donors (Lipinski definition) is 0. The fourth-order valence-electron chi connectivity index (χ4n) is 7.22. The Morgan fingerprint density at radius 1 is 0.536 bits per heavy atom. The molecule has 6 nitrogen and oxygen atoms in total. The molecule has 2 atom stereocenters. The first-order valence-electron chi connectivity index (χ1n) is 22.0. The zero-order valence-electron chi connectivity index (χ0n) is 35.3. The lowest BCUT2D eigenvalue weighted by molar-refractivity contribution is -0.162. The summed E-state index contributed by atoms with van der Waals surface area (Å²) in [5.74, 6) is -0.940. The van der Waals surface area contributed by atoms with Gasteiger partial charge >= 0.3 is 11.9 Å². The molecule has 6 heteroatoms. The minimum atomic E-state index is -0.953. The summed E-state index contributed by atoms with van der Waals surface area (Å²) < 4.78 is 24.9. The number of carbonyl (C=O) groups is 2. The minimum Gasteiger partial charge on any atom is -0.453 e. The van der Waals surface area contributed by atoms with E-state index in [-0.39, 0.29) is 13.2 Å². The molecular formula is C50H76O6. The lowest BCUT2D eigenvalue weighted by Gasteiger charge is -2.33. The van der Waals surface area contributed by atoms with Crippen LogP contribution >= 0.6 is 0 Å². The van der Waals surface area contributed by atoms with E-state index >= 15 is 0 Å². The molecule has 0 fully saturated rings. The van der Waals surface area contributed by atoms with Gasteiger partial charge in [-0.05, 0) is 36.8 Å². The van der Waals surface area contributed by atoms with Crippen LogP contribution in [0.25, 0.3) is 0 Å². The van der Waals surface area contributed by atoms with Gasteiger partial charge in [0, 0.05) is 25.0 Å². The lowest BCUT2D eigenvalue weighted by atomic mass is 9.91. The van der Waals surface area contributed by atoms with Gasteiger partial charge in [0.25, 0.3) is 0 Å². The summed E-state index contributed by atoms with van der Waals surface area (Å²) in [6.45, 7) is 13.5. The van der Waals surface area contributed by atoms with Gasteiger partial charge in [-0.3, -0.25) is 0 Å². The Hall–Kier alpha value is -3.48. The fourth-order valence-corrected chi connectivity index (χ4v) is 7.22. The SMILES string of the molecule is C=CC[C@](CCCCCCCCCCC)(COCc1ccccc1)OC(=O)/C=C/C[C@@](CCCCCCCCCCC)(COCc1ccccc1)OC(=O)C=C. The van der Waals surface area contributed by atoms with Gasteiger partial charge in [0.2, 0.25) is 0 Å². The third-order valence-electron chi connectivity index (χ3n) is 10.5. The summed E-state index contributed by atoms with van der Waals surface area (Å²) in [7, 11) is 0. The summed E-state index contributed by atoms with van der Waals surface area (Å²) in [6, 6.07) is 20.0. The number of carbonyl (C=O) groups excluding carboxylic acids is 2. The van der Waals surface area contributed by atoms with Crippen LogP contribution in [0.2, 0.25) is 0 Å². The Labute approximate surface area is 341 Å². The van der Waals surface area contributed by atoms with E-state index in [1.54, 1.807) is 6.08 Å². The molecule has 2 rings (SSSR count). The normalized spacial score (nSPS) is 13.5. The summed E-state index contributed by atoms with van der Waals surface area (Å²) in [5, 5.41) is 0. The Morgan fingerprint density at radius 2 is 0.929 bits per heavy atom. The molecule has 0 aliphatic heterocycles. The molecule has 0 radical (unpaired) electrons. The van der Waals surface area contributed by atoms with Gasteiger partial charge < -0.3 is 18.9 Å². The number of ether oxygens (including phenoxy) is 4. The summed E-state index contributed by atoms with van der Waals surface area (Å²) in [4.78, 5) is 26.4. The van der Waals surface area contributed by atoms with Crippen molar-refractivity contribution in [3.05, 3.63) is 109 Å². The standard InChI is InChI=1S/C50H76O6/c1-5-9-11-13-15-17-19-21-29-38-49(37-7-3,43-53-41-45-32-25-23-26-33-45)56-48(52)36-31-40-50(55-47(51)8-4,44-54-42-46-34-27-24-28-35-46)39-30-22-20-18-16-14-12-10-6-2/h7-8,23-28,31-36H,3-6,9-22,29-30,37-44H2,1-2H3/b36-31+/t49-,50-/m0/s1. The van der Waals surface area contributed by atoms with Gasteiger partial charge in [0.1, 0.15) is 11.2 Å². The quantitative estimate of drug-likeness (QED) is 0.0297. The maximum Gasteiger partial charge on any atom is 0.331 e. The molecule has 0 aliphatic rings. The molecule has 0 amide bonds. The number of rotatable bonds is 36. The van der Waals surface area contributed by atoms with Gasteiger partial charge in [-0.25, -0.2) is 9.59 Å². The predicted molar refractivity (Wildman–Crippen MR) is 232 cm³/mol. The van der Waals surface area contributed by atoms with Crippen molar-refractivity contribution in [2.45, 2.75) is 180 Å². The zero-order valence-corrected chi connectivity index (χ0v) is 35.3. The van der Waals surface area contributed by atoms with E-state index in [4.69, 9.17) is 18.9 Å². The van der Waals surface area contributed by atoms with E-state index in [9.17, 15) is 9.59 Å². The van der Waals surface area contributed by atoms with Crippen LogP contribution in [0.3, 0.4) is 0 Å². The Bertz CT molecular complexity index is 1320. The van der Waals surface area contributed by atoms with Crippen molar-refractivity contribution in [1.82, 2.24) is 0 Å². The van der Waals surface area contributed by atoms with Crippen molar-refractivity contribution in [3.8, 4) is 0 Å². The molecule has 56 heavy (non-hydrogen) atoms. The largest absolute Gasteiger partial charge is 0.453 e. The van der Waals surface area contributed by atoms with Crippen LogP contribution in [0.15, 0.2) is 98.1 Å². The number of esters is 2. The van der Waals surface area contributed by atoms with Gasteiger partial charge in [0.15, 0.2) is 0 Å². The summed E-state index contributed by atoms with van der Waals surface area (Å²) >= 11 is 0. The van der Waals surface area contributed by atoms with Crippen molar-refractivity contribution < 1.29 is 28.5 Å². The number of hydrogen-bond acceptors (Lipinski definition) is 6. The molecule has 0 aromatic heterocycles. The van der Waals surface area contributed by atoms with Gasteiger partial charge in [-0.15, -0.1) is 6.58 Å². The molecule has 2 aromatic carbocycles. The Balaban J connectivity index is 2.16. The maximum atomic E-state index is 13.7. The smallest absolute Gasteiger partial charge is 0.331 e. The van der Waals surface area contributed by atoms with E-state index < -0.39 is 23.1 Å². The molecule has 0 unspecified atom stereocenters. The van der Waals surface area contributed by atoms with Crippen LogP contribution in [-0.2, 0) is 41.8 Å². The first-order valence-corrected chi connectivity index (χ1v) is 22.0. The van der Waals surface area contributed by atoms with E-state index in [1.165, 1.54) is 95.6 Å². The molecule has 2 aromatic rings. The minimum absolute atomic E-state index is 0.199. The third kappa shape index (κ3) is 22.9. The van der Waals surface area contributed by atoms with E-state index in [0.717, 1.165) is 43.2 Å². The average Bonchev–Trinajstić information content (AvgIpc) is 3.20. The highest BCUT2D eigenvalue weighted by Gasteiger charge is 2.35. The lowest BCUT2D eigenvalue weighted by Crippen LogP contribution is -2.40. The van der Waals surface area contributed by atoms with Crippen molar-refractivity contribution in [3.63, 3.8) is 0 Å². The average molecular weight is 773 g/mol. The first-order chi connectivity index (χ1) is 27.4. The number of benzene rings is 2. The maximum absolute atomic E-state index is 13.7. The van der Waals surface area contributed by atoms with Crippen molar-refractivity contribution >= 4 is 11.9 Å². The highest BCUT2D eigenvalue weighted by molar-refractivity contribution is 5.82. The van der Waals surface area contributed by atoms with Crippen LogP contribution in [0.4, 0.5) is 0 Å². The third-order valence-corrected chi connectivity index (χ3v) is 10.5. The van der Waals surface area contributed by atoms with Gasteiger partial charge in [-0.2, -0.15) is 0 Å². The Morgan fingerprint density at radius 3 is 1.34 bits per heavy atom. The molecule has 0 aliphatic carbocycles. The molecule has 0 bridgehead atoms. The molecule has 0 spiro atoms. The van der Waals surface area contributed by atoms with Crippen molar-refractivity contribution in [1.29, 1.82) is 0 Å². The first kappa shape index (κ1) is 48.7. The van der Waals surface area contributed by atoms with E-state index in [0.29, 0.717) is 38.9 Å². The second kappa shape index (κ2) is 31.6. The highest BCUT2D eigenvalue weighted by atomic mass is 16.6. The Kier molecular flexibility index (Phi) is 27.5.